The highest BCUT2D eigenvalue weighted by Crippen LogP contribution is 2.34. The van der Waals surface area contributed by atoms with Crippen LogP contribution in [-0.4, -0.2) is 29.1 Å². The smallest absolute Gasteiger partial charge is 0.255 e. The number of ether oxygens (including phenoxy) is 1. The number of carbonyl (C=O) groups is 1. The number of aromatic nitrogens is 2. The first kappa shape index (κ1) is 19.6. The fraction of sp³-hybridized carbons (Fsp3) is 0.409. The lowest BCUT2D eigenvalue weighted by Crippen LogP contribution is -2.37. The fourth-order valence-electron chi connectivity index (χ4n) is 4.18. The number of hydrogen-bond donors (Lipinski definition) is 0. The van der Waals surface area contributed by atoms with Crippen LogP contribution in [0.2, 0.25) is 0 Å². The van der Waals surface area contributed by atoms with Crippen molar-refractivity contribution in [2.24, 2.45) is 0 Å². The second-order valence-corrected chi connectivity index (χ2v) is 8.22. The van der Waals surface area contributed by atoms with Crippen LogP contribution in [0.3, 0.4) is 0 Å². The second-order valence-electron chi connectivity index (χ2n) is 7.35. The van der Waals surface area contributed by atoms with Crippen LogP contribution in [0, 0.1) is 0 Å². The fourth-order valence-corrected chi connectivity index (χ4v) is 4.90. The van der Waals surface area contributed by atoms with Crippen molar-refractivity contribution in [1.29, 1.82) is 0 Å². The summed E-state index contributed by atoms with van der Waals surface area (Å²) in [6.07, 6.45) is 6.05. The van der Waals surface area contributed by atoms with Gasteiger partial charge in [-0.3, -0.25) is 19.1 Å². The van der Waals surface area contributed by atoms with E-state index in [4.69, 9.17) is 4.74 Å². The quantitative estimate of drug-likeness (QED) is 0.610. The predicted molar refractivity (Wildman–Crippen MR) is 116 cm³/mol. The second kappa shape index (κ2) is 8.37. The highest BCUT2D eigenvalue weighted by Gasteiger charge is 2.24. The minimum atomic E-state index is -0.141. The van der Waals surface area contributed by atoms with E-state index in [1.54, 1.807) is 22.8 Å². The van der Waals surface area contributed by atoms with Crippen molar-refractivity contribution >= 4 is 33.3 Å². The van der Waals surface area contributed by atoms with Crippen LogP contribution in [0.25, 0.3) is 10.9 Å². The van der Waals surface area contributed by atoms with Gasteiger partial charge in [0.25, 0.3) is 5.56 Å². The van der Waals surface area contributed by atoms with Crippen molar-refractivity contribution in [2.75, 3.05) is 18.6 Å². The SMILES string of the molecule is CCN(C(=O)Cn1c(=O)c(C2CCCC2)cc2ccc(OC)cc21)c1nccs1. The van der Waals surface area contributed by atoms with E-state index in [2.05, 4.69) is 4.98 Å². The Labute approximate surface area is 173 Å². The van der Waals surface area contributed by atoms with Crippen LogP contribution in [0.4, 0.5) is 5.13 Å². The molecule has 6 nitrogen and oxygen atoms in total. The first-order valence-corrected chi connectivity index (χ1v) is 10.9. The molecule has 1 aromatic carbocycles. The van der Waals surface area contributed by atoms with E-state index in [1.165, 1.54) is 11.3 Å². The molecule has 152 valence electrons. The number of thiazole rings is 1. The van der Waals surface area contributed by atoms with Gasteiger partial charge < -0.3 is 4.74 Å². The highest BCUT2D eigenvalue weighted by atomic mass is 32.1. The van der Waals surface area contributed by atoms with Crippen molar-refractivity contribution in [3.05, 3.63) is 51.8 Å². The monoisotopic (exact) mass is 411 g/mol. The van der Waals surface area contributed by atoms with Crippen LogP contribution in [-0.2, 0) is 11.3 Å². The van der Waals surface area contributed by atoms with E-state index < -0.39 is 0 Å². The first-order chi connectivity index (χ1) is 14.1. The molecule has 3 aromatic rings. The van der Waals surface area contributed by atoms with E-state index in [0.29, 0.717) is 17.4 Å². The van der Waals surface area contributed by atoms with Gasteiger partial charge >= 0.3 is 0 Å². The Morgan fingerprint density at radius 1 is 1.31 bits per heavy atom. The Hall–Kier alpha value is -2.67. The van der Waals surface area contributed by atoms with Crippen LogP contribution < -0.4 is 15.2 Å². The van der Waals surface area contributed by atoms with E-state index in [9.17, 15) is 9.59 Å². The topological polar surface area (TPSA) is 64.4 Å². The third-order valence-corrected chi connectivity index (χ3v) is 6.48. The number of hydrogen-bond acceptors (Lipinski definition) is 5. The number of fused-ring (bicyclic) bond motifs is 1. The number of carbonyl (C=O) groups excluding carboxylic acids is 1. The Balaban J connectivity index is 1.81. The van der Waals surface area contributed by atoms with Gasteiger partial charge in [0.2, 0.25) is 5.91 Å². The summed E-state index contributed by atoms with van der Waals surface area (Å²) in [5.74, 6) is 0.799. The Morgan fingerprint density at radius 3 is 2.76 bits per heavy atom. The molecule has 2 aromatic heterocycles. The standard InChI is InChI=1S/C22H25N3O3S/c1-3-24(22-23-10-11-29-22)20(26)14-25-19-13-17(28-2)9-8-16(19)12-18(21(25)27)15-6-4-5-7-15/h8-13,15H,3-7,14H2,1-2H3. The zero-order chi connectivity index (χ0) is 20.4. The summed E-state index contributed by atoms with van der Waals surface area (Å²) >= 11 is 1.42. The van der Waals surface area contributed by atoms with Gasteiger partial charge in [-0.15, -0.1) is 11.3 Å². The molecule has 1 aliphatic rings. The van der Waals surface area contributed by atoms with E-state index in [1.807, 2.05) is 36.6 Å². The molecule has 1 aliphatic carbocycles. The Kier molecular flexibility index (Phi) is 5.67. The summed E-state index contributed by atoms with van der Waals surface area (Å²) < 4.78 is 6.98. The van der Waals surface area contributed by atoms with Crippen LogP contribution in [0.1, 0.15) is 44.1 Å². The molecule has 0 spiro atoms. The summed E-state index contributed by atoms with van der Waals surface area (Å²) in [5.41, 5.74) is 1.48. The van der Waals surface area contributed by atoms with Gasteiger partial charge in [-0.05, 0) is 49.3 Å². The largest absolute Gasteiger partial charge is 0.497 e. The number of pyridine rings is 1. The van der Waals surface area contributed by atoms with Gasteiger partial charge in [0.1, 0.15) is 12.3 Å². The number of rotatable bonds is 6. The molecule has 29 heavy (non-hydrogen) atoms. The summed E-state index contributed by atoms with van der Waals surface area (Å²) in [6.45, 7) is 2.40. The maximum absolute atomic E-state index is 13.4. The summed E-state index contributed by atoms with van der Waals surface area (Å²) in [4.78, 5) is 32.5. The van der Waals surface area contributed by atoms with Gasteiger partial charge in [-0.1, -0.05) is 12.8 Å². The molecule has 0 bridgehead atoms. The molecule has 4 rings (SSSR count). The molecular formula is C22H25N3O3S. The molecule has 1 amide bonds. The minimum Gasteiger partial charge on any atom is -0.497 e. The van der Waals surface area contributed by atoms with E-state index in [0.717, 1.165) is 42.1 Å². The Bertz CT molecular complexity index is 1070. The van der Waals surface area contributed by atoms with Crippen molar-refractivity contribution in [3.8, 4) is 5.75 Å². The van der Waals surface area contributed by atoms with Crippen molar-refractivity contribution in [1.82, 2.24) is 9.55 Å². The highest BCUT2D eigenvalue weighted by molar-refractivity contribution is 7.13. The molecule has 1 saturated carbocycles. The third kappa shape index (κ3) is 3.79. The predicted octanol–water partition coefficient (Wildman–Crippen LogP) is 4.18. The normalized spacial score (nSPS) is 14.4. The third-order valence-electron chi connectivity index (χ3n) is 5.69. The van der Waals surface area contributed by atoms with Crippen LogP contribution >= 0.6 is 11.3 Å². The number of benzene rings is 1. The number of likely N-dealkylation sites (N-methyl/N-ethyl adjacent to an activating group) is 1. The molecule has 7 heteroatoms. The van der Waals surface area contributed by atoms with Gasteiger partial charge in [-0.2, -0.15) is 0 Å². The molecule has 0 saturated heterocycles. The zero-order valence-corrected chi connectivity index (χ0v) is 17.6. The average Bonchev–Trinajstić information content (AvgIpc) is 3.44. The van der Waals surface area contributed by atoms with Gasteiger partial charge in [0.05, 0.1) is 12.6 Å². The lowest BCUT2D eigenvalue weighted by atomic mass is 9.97. The maximum Gasteiger partial charge on any atom is 0.255 e. The molecule has 0 unspecified atom stereocenters. The maximum atomic E-state index is 13.4. The summed E-state index contributed by atoms with van der Waals surface area (Å²) in [6, 6.07) is 7.70. The number of amides is 1. The molecule has 2 heterocycles. The molecule has 0 aliphatic heterocycles. The number of nitrogens with zero attached hydrogens (tertiary/aromatic N) is 3. The lowest BCUT2D eigenvalue weighted by Gasteiger charge is -2.21. The lowest BCUT2D eigenvalue weighted by molar-refractivity contribution is -0.119. The molecular weight excluding hydrogens is 386 g/mol. The van der Waals surface area contributed by atoms with E-state index >= 15 is 0 Å². The molecule has 1 fully saturated rings. The minimum absolute atomic E-state index is 0.0174. The van der Waals surface area contributed by atoms with E-state index in [-0.39, 0.29) is 23.9 Å². The first-order valence-electron chi connectivity index (χ1n) is 10.0. The van der Waals surface area contributed by atoms with Crippen molar-refractivity contribution in [3.63, 3.8) is 0 Å². The molecule has 0 atom stereocenters. The molecule has 0 radical (unpaired) electrons. The van der Waals surface area contributed by atoms with Crippen LogP contribution in [0.15, 0.2) is 40.6 Å². The van der Waals surface area contributed by atoms with Gasteiger partial charge in [0.15, 0.2) is 5.13 Å². The number of anilines is 1. The van der Waals surface area contributed by atoms with Crippen molar-refractivity contribution < 1.29 is 9.53 Å². The summed E-state index contributed by atoms with van der Waals surface area (Å²) in [5, 5.41) is 3.45. The van der Waals surface area contributed by atoms with Gasteiger partial charge in [0, 0.05) is 29.8 Å². The average molecular weight is 412 g/mol. The van der Waals surface area contributed by atoms with Crippen LogP contribution in [0.5, 0.6) is 5.75 Å². The van der Waals surface area contributed by atoms with Crippen molar-refractivity contribution in [2.45, 2.75) is 45.1 Å². The van der Waals surface area contributed by atoms with Gasteiger partial charge in [-0.25, -0.2) is 4.98 Å². The zero-order valence-electron chi connectivity index (χ0n) is 16.8. The number of methoxy groups -OCH3 is 1. The molecule has 0 N–H and O–H groups in total. The summed E-state index contributed by atoms with van der Waals surface area (Å²) in [7, 11) is 1.60. The Morgan fingerprint density at radius 2 is 2.10 bits per heavy atom.